The molecule has 0 spiro atoms. The number of nitrogens with two attached hydrogens (primary N) is 1. The molecule has 4 N–H and O–H groups in total. The molecule has 5 nitrogen and oxygen atoms in total. The maximum atomic E-state index is 11.6. The van der Waals surface area contributed by atoms with Crippen molar-refractivity contribution in [2.75, 3.05) is 0 Å². The molecule has 0 fully saturated rings. The SMILES string of the molecule is N[C@@](O)(CCC(=O)c1ccccc1)C(=O)O. The van der Waals surface area contributed by atoms with Crippen LogP contribution in [-0.2, 0) is 4.79 Å². The van der Waals surface area contributed by atoms with Gasteiger partial charge in [-0.25, -0.2) is 4.79 Å². The normalized spacial score (nSPS) is 14.1. The van der Waals surface area contributed by atoms with Gasteiger partial charge in [0.25, 0.3) is 0 Å². The van der Waals surface area contributed by atoms with Gasteiger partial charge in [0.2, 0.25) is 5.72 Å². The Bertz CT molecular complexity index is 386. The van der Waals surface area contributed by atoms with Crippen LogP contribution in [0.4, 0.5) is 0 Å². The van der Waals surface area contributed by atoms with Gasteiger partial charge < -0.3 is 10.2 Å². The van der Waals surface area contributed by atoms with Crippen molar-refractivity contribution >= 4 is 11.8 Å². The third kappa shape index (κ3) is 3.15. The van der Waals surface area contributed by atoms with Gasteiger partial charge in [0.1, 0.15) is 0 Å². The molecule has 0 aliphatic carbocycles. The van der Waals surface area contributed by atoms with Gasteiger partial charge in [-0.1, -0.05) is 30.3 Å². The van der Waals surface area contributed by atoms with Crippen molar-refractivity contribution in [1.29, 1.82) is 0 Å². The van der Waals surface area contributed by atoms with Crippen molar-refractivity contribution in [2.24, 2.45) is 5.73 Å². The van der Waals surface area contributed by atoms with Crippen molar-refractivity contribution < 1.29 is 19.8 Å². The first-order valence-electron chi connectivity index (χ1n) is 4.76. The van der Waals surface area contributed by atoms with Gasteiger partial charge in [0.05, 0.1) is 0 Å². The lowest BCUT2D eigenvalue weighted by Crippen LogP contribution is -2.48. The van der Waals surface area contributed by atoms with Crippen molar-refractivity contribution in [2.45, 2.75) is 18.6 Å². The Morgan fingerprint density at radius 2 is 1.81 bits per heavy atom. The van der Waals surface area contributed by atoms with E-state index in [0.29, 0.717) is 5.56 Å². The molecule has 0 unspecified atom stereocenters. The minimum Gasteiger partial charge on any atom is -0.478 e. The molecule has 0 bridgehead atoms. The van der Waals surface area contributed by atoms with E-state index in [2.05, 4.69) is 0 Å². The van der Waals surface area contributed by atoms with Crippen LogP contribution in [0.3, 0.4) is 0 Å². The number of carboxylic acid groups (broad SMARTS) is 1. The molecule has 0 aromatic heterocycles. The first-order valence-corrected chi connectivity index (χ1v) is 4.76. The van der Waals surface area contributed by atoms with E-state index >= 15 is 0 Å². The highest BCUT2D eigenvalue weighted by Gasteiger charge is 2.31. The average Bonchev–Trinajstić information content (AvgIpc) is 2.27. The van der Waals surface area contributed by atoms with E-state index in [1.165, 1.54) is 0 Å². The maximum Gasteiger partial charge on any atom is 0.351 e. The smallest absolute Gasteiger partial charge is 0.351 e. The first-order chi connectivity index (χ1) is 7.43. The van der Waals surface area contributed by atoms with E-state index < -0.39 is 11.7 Å². The summed E-state index contributed by atoms with van der Waals surface area (Å²) in [5, 5.41) is 17.8. The van der Waals surface area contributed by atoms with E-state index in [1.807, 2.05) is 0 Å². The molecule has 0 radical (unpaired) electrons. The van der Waals surface area contributed by atoms with Gasteiger partial charge in [-0.05, 0) is 0 Å². The molecule has 0 aliphatic rings. The van der Waals surface area contributed by atoms with Crippen LogP contribution in [0.25, 0.3) is 0 Å². The average molecular weight is 223 g/mol. The highest BCUT2D eigenvalue weighted by Crippen LogP contribution is 2.11. The lowest BCUT2D eigenvalue weighted by molar-refractivity contribution is -0.158. The third-order valence-corrected chi connectivity index (χ3v) is 2.20. The summed E-state index contributed by atoms with van der Waals surface area (Å²) in [5.74, 6) is -1.78. The Morgan fingerprint density at radius 1 is 1.25 bits per heavy atom. The van der Waals surface area contributed by atoms with Gasteiger partial charge in [-0.15, -0.1) is 0 Å². The molecule has 5 heteroatoms. The molecule has 1 aromatic carbocycles. The van der Waals surface area contributed by atoms with Crippen molar-refractivity contribution in [3.05, 3.63) is 35.9 Å². The second-order valence-corrected chi connectivity index (χ2v) is 3.52. The van der Waals surface area contributed by atoms with Crippen LogP contribution in [0.1, 0.15) is 23.2 Å². The minimum atomic E-state index is -2.34. The van der Waals surface area contributed by atoms with Crippen LogP contribution in [0.15, 0.2) is 30.3 Å². The molecule has 1 rings (SSSR count). The number of hydrogen-bond donors (Lipinski definition) is 3. The van der Waals surface area contributed by atoms with E-state index in [9.17, 15) is 14.7 Å². The number of hydrogen-bond acceptors (Lipinski definition) is 4. The summed E-state index contributed by atoms with van der Waals surface area (Å²) in [6, 6.07) is 8.43. The molecule has 0 saturated heterocycles. The zero-order chi connectivity index (χ0) is 12.2. The predicted molar refractivity (Wildman–Crippen MR) is 56.8 cm³/mol. The number of aliphatic carboxylic acids is 1. The molecule has 0 heterocycles. The summed E-state index contributed by atoms with van der Waals surface area (Å²) in [6.07, 6.45) is -0.417. The Hall–Kier alpha value is -1.72. The molecular formula is C11H13NO4. The van der Waals surface area contributed by atoms with Gasteiger partial charge in [0, 0.05) is 18.4 Å². The summed E-state index contributed by atoms with van der Waals surface area (Å²) in [4.78, 5) is 22.0. The molecule has 16 heavy (non-hydrogen) atoms. The van der Waals surface area contributed by atoms with Gasteiger partial charge in [0.15, 0.2) is 5.78 Å². The van der Waals surface area contributed by atoms with E-state index in [4.69, 9.17) is 10.8 Å². The van der Waals surface area contributed by atoms with Gasteiger partial charge in [-0.2, -0.15) is 0 Å². The summed E-state index contributed by atoms with van der Waals surface area (Å²) in [6.45, 7) is 0. The zero-order valence-corrected chi connectivity index (χ0v) is 8.59. The summed E-state index contributed by atoms with van der Waals surface area (Å²) in [5.41, 5.74) is 3.22. The topological polar surface area (TPSA) is 101 Å². The second-order valence-electron chi connectivity index (χ2n) is 3.52. The third-order valence-electron chi connectivity index (χ3n) is 2.20. The summed E-state index contributed by atoms with van der Waals surface area (Å²) < 4.78 is 0. The molecule has 86 valence electrons. The Morgan fingerprint density at radius 3 is 2.31 bits per heavy atom. The van der Waals surface area contributed by atoms with Crippen LogP contribution in [-0.4, -0.2) is 27.7 Å². The quantitative estimate of drug-likeness (QED) is 0.495. The molecule has 0 saturated carbocycles. The number of aliphatic hydroxyl groups is 1. The zero-order valence-electron chi connectivity index (χ0n) is 8.59. The molecule has 0 amide bonds. The number of rotatable bonds is 5. The predicted octanol–water partition coefficient (Wildman–Crippen LogP) is 0.381. The monoisotopic (exact) mass is 223 g/mol. The molecule has 1 atom stereocenters. The number of carbonyl (C=O) groups excluding carboxylic acids is 1. The first kappa shape index (κ1) is 12.4. The fraction of sp³-hybridized carbons (Fsp3) is 0.273. The van der Waals surface area contributed by atoms with Crippen LogP contribution >= 0.6 is 0 Å². The number of benzene rings is 1. The van der Waals surface area contributed by atoms with E-state index in [0.717, 1.165) is 0 Å². The minimum absolute atomic E-state index is 0.108. The number of ketones is 1. The van der Waals surface area contributed by atoms with Crippen LogP contribution in [0, 0.1) is 0 Å². The van der Waals surface area contributed by atoms with Crippen molar-refractivity contribution in [1.82, 2.24) is 0 Å². The van der Waals surface area contributed by atoms with Crippen LogP contribution in [0.2, 0.25) is 0 Å². The highest BCUT2D eigenvalue weighted by atomic mass is 16.4. The standard InChI is InChI=1S/C11H13NO4/c12-11(16,10(14)15)7-6-9(13)8-4-2-1-3-5-8/h1-5,16H,6-7,12H2,(H,14,15)/t11-/m1/s1. The fourth-order valence-electron chi connectivity index (χ4n) is 1.18. The molecular weight excluding hydrogens is 210 g/mol. The number of Topliss-reactive ketones (excluding diaryl/α,β-unsaturated/α-hetero) is 1. The van der Waals surface area contributed by atoms with E-state index in [-0.39, 0.29) is 18.6 Å². The molecule has 1 aromatic rings. The van der Waals surface area contributed by atoms with Crippen LogP contribution in [0.5, 0.6) is 0 Å². The van der Waals surface area contributed by atoms with Crippen LogP contribution < -0.4 is 5.73 Å². The largest absolute Gasteiger partial charge is 0.478 e. The number of carboxylic acids is 1. The highest BCUT2D eigenvalue weighted by molar-refractivity contribution is 5.96. The maximum absolute atomic E-state index is 11.6. The molecule has 0 aliphatic heterocycles. The fourth-order valence-corrected chi connectivity index (χ4v) is 1.18. The van der Waals surface area contributed by atoms with Crippen molar-refractivity contribution in [3.8, 4) is 0 Å². The van der Waals surface area contributed by atoms with Gasteiger partial charge >= 0.3 is 5.97 Å². The lowest BCUT2D eigenvalue weighted by Gasteiger charge is -2.16. The Kier molecular flexibility index (Phi) is 3.76. The van der Waals surface area contributed by atoms with Crippen molar-refractivity contribution in [3.63, 3.8) is 0 Å². The van der Waals surface area contributed by atoms with E-state index in [1.54, 1.807) is 30.3 Å². The lowest BCUT2D eigenvalue weighted by atomic mass is 10.0. The number of carbonyl (C=O) groups is 2. The Labute approximate surface area is 92.5 Å². The Balaban J connectivity index is 2.58. The summed E-state index contributed by atoms with van der Waals surface area (Å²) in [7, 11) is 0. The summed E-state index contributed by atoms with van der Waals surface area (Å²) >= 11 is 0. The van der Waals surface area contributed by atoms with Gasteiger partial charge in [-0.3, -0.25) is 10.5 Å². The second kappa shape index (κ2) is 4.87.